The summed E-state index contributed by atoms with van der Waals surface area (Å²) in [6.07, 6.45) is 0. The third-order valence-electron chi connectivity index (χ3n) is 1.67. The fourth-order valence-electron chi connectivity index (χ4n) is 1.06. The summed E-state index contributed by atoms with van der Waals surface area (Å²) in [7, 11) is 0. The Labute approximate surface area is 94.8 Å². The summed E-state index contributed by atoms with van der Waals surface area (Å²) < 4.78 is 0.555. The molecule has 14 heavy (non-hydrogen) atoms. The van der Waals surface area contributed by atoms with Crippen molar-refractivity contribution in [3.05, 3.63) is 26.2 Å². The van der Waals surface area contributed by atoms with Crippen molar-refractivity contribution in [2.24, 2.45) is 0 Å². The molecule has 0 bridgehead atoms. The average Bonchev–Trinajstić information content (AvgIpc) is 2.56. The van der Waals surface area contributed by atoms with Crippen LogP contribution < -0.4 is 0 Å². The van der Waals surface area contributed by atoms with Crippen molar-refractivity contribution in [1.29, 1.82) is 0 Å². The van der Waals surface area contributed by atoms with Crippen molar-refractivity contribution in [1.82, 2.24) is 15.2 Å². The summed E-state index contributed by atoms with van der Waals surface area (Å²) in [6, 6.07) is 1.72. The molecule has 0 amide bonds. The van der Waals surface area contributed by atoms with Gasteiger partial charge in [-0.15, -0.1) is 11.3 Å². The highest BCUT2D eigenvalue weighted by molar-refractivity contribution is 7.71. The van der Waals surface area contributed by atoms with E-state index in [1.807, 2.05) is 12.3 Å². The quantitative estimate of drug-likeness (QED) is 0.782. The van der Waals surface area contributed by atoms with E-state index in [1.54, 1.807) is 17.4 Å². The van der Waals surface area contributed by atoms with Gasteiger partial charge in [-0.05, 0) is 13.0 Å². The fraction of sp³-hybridized carbons (Fsp3) is 0.125. The van der Waals surface area contributed by atoms with Gasteiger partial charge < -0.3 is 0 Å². The van der Waals surface area contributed by atoms with E-state index in [9.17, 15) is 0 Å². The molecule has 72 valence electrons. The topological polar surface area (TPSA) is 41.6 Å². The number of thiazole rings is 1. The van der Waals surface area contributed by atoms with Crippen LogP contribution in [0.2, 0.25) is 5.15 Å². The second kappa shape index (κ2) is 3.76. The van der Waals surface area contributed by atoms with Gasteiger partial charge in [-0.3, -0.25) is 5.10 Å². The predicted octanol–water partition coefficient (Wildman–Crippen LogP) is 3.22. The molecule has 2 aromatic heterocycles. The lowest BCUT2D eigenvalue weighted by Gasteiger charge is -1.96. The summed E-state index contributed by atoms with van der Waals surface area (Å²) in [5.41, 5.74) is 1.67. The Morgan fingerprint density at radius 3 is 3.00 bits per heavy atom. The van der Waals surface area contributed by atoms with Gasteiger partial charge in [0.2, 0.25) is 0 Å². The van der Waals surface area contributed by atoms with Crippen LogP contribution in [0, 0.1) is 11.6 Å². The fourth-order valence-corrected chi connectivity index (χ4v) is 2.03. The molecule has 0 aliphatic carbocycles. The van der Waals surface area contributed by atoms with Crippen molar-refractivity contribution < 1.29 is 0 Å². The maximum absolute atomic E-state index is 5.76. The molecule has 6 heteroatoms. The van der Waals surface area contributed by atoms with Crippen LogP contribution >= 0.6 is 35.2 Å². The predicted molar refractivity (Wildman–Crippen MR) is 60.3 cm³/mol. The van der Waals surface area contributed by atoms with E-state index in [4.69, 9.17) is 23.8 Å². The number of hydrogen-bond donors (Lipinski definition) is 1. The molecule has 2 heterocycles. The minimum absolute atomic E-state index is 0.388. The number of nitrogens with one attached hydrogen (secondary N) is 1. The Bertz CT molecular complexity index is 517. The van der Waals surface area contributed by atoms with E-state index in [-0.39, 0.29) is 0 Å². The monoisotopic (exact) mass is 243 g/mol. The van der Waals surface area contributed by atoms with Crippen LogP contribution in [0.1, 0.15) is 5.01 Å². The highest BCUT2D eigenvalue weighted by Crippen LogP contribution is 2.23. The number of aryl methyl sites for hydroxylation is 1. The van der Waals surface area contributed by atoms with E-state index >= 15 is 0 Å². The highest BCUT2D eigenvalue weighted by atomic mass is 35.5. The molecule has 0 aliphatic rings. The van der Waals surface area contributed by atoms with Gasteiger partial charge in [-0.1, -0.05) is 23.8 Å². The van der Waals surface area contributed by atoms with E-state index in [2.05, 4.69) is 15.2 Å². The number of nitrogens with zero attached hydrogens (tertiary/aromatic N) is 2. The van der Waals surface area contributed by atoms with E-state index in [0.29, 0.717) is 9.79 Å². The van der Waals surface area contributed by atoms with E-state index in [0.717, 1.165) is 16.3 Å². The van der Waals surface area contributed by atoms with Crippen LogP contribution in [-0.4, -0.2) is 15.2 Å². The number of halogens is 1. The lowest BCUT2D eigenvalue weighted by Crippen LogP contribution is -1.87. The second-order valence-corrected chi connectivity index (χ2v) is 4.54. The van der Waals surface area contributed by atoms with Gasteiger partial charge in [0.1, 0.15) is 9.79 Å². The Balaban J connectivity index is 2.61. The first-order valence-corrected chi connectivity index (χ1v) is 5.51. The smallest absolute Gasteiger partial charge is 0.150 e. The molecule has 0 aliphatic heterocycles. The molecule has 0 aromatic carbocycles. The molecule has 0 atom stereocenters. The van der Waals surface area contributed by atoms with Gasteiger partial charge in [0.25, 0.3) is 0 Å². The molecule has 0 saturated carbocycles. The normalized spacial score (nSPS) is 10.4. The first kappa shape index (κ1) is 9.76. The molecule has 0 saturated heterocycles. The molecule has 3 nitrogen and oxygen atoms in total. The van der Waals surface area contributed by atoms with Gasteiger partial charge in [0.15, 0.2) is 0 Å². The van der Waals surface area contributed by atoms with Crippen LogP contribution in [0.5, 0.6) is 0 Å². The minimum Gasteiger partial charge on any atom is -0.266 e. The van der Waals surface area contributed by atoms with Crippen molar-refractivity contribution >= 4 is 35.2 Å². The molecular formula is C8H6ClN3S2. The van der Waals surface area contributed by atoms with Crippen molar-refractivity contribution in [2.45, 2.75) is 6.92 Å². The molecule has 1 N–H and O–H groups in total. The third-order valence-corrected chi connectivity index (χ3v) is 2.95. The highest BCUT2D eigenvalue weighted by Gasteiger charge is 2.05. The maximum atomic E-state index is 5.76. The van der Waals surface area contributed by atoms with Crippen LogP contribution in [0.4, 0.5) is 0 Å². The summed E-state index contributed by atoms with van der Waals surface area (Å²) in [6.45, 7) is 1.95. The zero-order valence-electron chi connectivity index (χ0n) is 7.24. The molecule has 2 aromatic rings. The van der Waals surface area contributed by atoms with Gasteiger partial charge in [-0.25, -0.2) is 4.98 Å². The summed E-state index contributed by atoms with van der Waals surface area (Å²) in [5, 5.41) is 9.80. The maximum Gasteiger partial charge on any atom is 0.150 e. The average molecular weight is 244 g/mol. The molecule has 0 spiro atoms. The van der Waals surface area contributed by atoms with Crippen molar-refractivity contribution in [2.75, 3.05) is 0 Å². The Morgan fingerprint density at radius 1 is 1.57 bits per heavy atom. The minimum atomic E-state index is 0.388. The van der Waals surface area contributed by atoms with Gasteiger partial charge >= 0.3 is 0 Å². The standard InChI is InChI=1S/C8H6ClN3S2/c1-4-10-6(3-14-4)5-2-7(9)11-12-8(5)13/h2-3H,1H3,(H,12,13). The van der Waals surface area contributed by atoms with Crippen molar-refractivity contribution in [3.8, 4) is 11.3 Å². The molecule has 0 fully saturated rings. The van der Waals surface area contributed by atoms with Crippen LogP contribution in [0.15, 0.2) is 11.4 Å². The summed E-state index contributed by atoms with van der Waals surface area (Å²) in [5.74, 6) is 0. The second-order valence-electron chi connectivity index (χ2n) is 2.69. The molecule has 0 radical (unpaired) electrons. The van der Waals surface area contributed by atoms with Gasteiger partial charge in [0, 0.05) is 10.9 Å². The number of rotatable bonds is 1. The molecular weight excluding hydrogens is 238 g/mol. The van der Waals surface area contributed by atoms with Gasteiger partial charge in [0.05, 0.1) is 10.7 Å². The van der Waals surface area contributed by atoms with Gasteiger partial charge in [-0.2, -0.15) is 5.10 Å². The SMILES string of the molecule is Cc1nc(-c2cc(Cl)n[nH]c2=S)cs1. The van der Waals surface area contributed by atoms with Crippen LogP contribution in [-0.2, 0) is 0 Å². The Hall–Kier alpha value is -0.780. The van der Waals surface area contributed by atoms with Crippen LogP contribution in [0.25, 0.3) is 11.3 Å². The Kier molecular flexibility index (Phi) is 2.62. The molecule has 2 rings (SSSR count). The Morgan fingerprint density at radius 2 is 2.36 bits per heavy atom. The van der Waals surface area contributed by atoms with Crippen LogP contribution in [0.3, 0.4) is 0 Å². The van der Waals surface area contributed by atoms with Crippen molar-refractivity contribution in [3.63, 3.8) is 0 Å². The third kappa shape index (κ3) is 1.84. The summed E-state index contributed by atoms with van der Waals surface area (Å²) >= 11 is 12.4. The zero-order valence-corrected chi connectivity index (χ0v) is 9.63. The lowest BCUT2D eigenvalue weighted by molar-refractivity contribution is 1.02. The number of hydrogen-bond acceptors (Lipinski definition) is 4. The zero-order chi connectivity index (χ0) is 10.1. The first-order chi connectivity index (χ1) is 6.66. The number of aromatic amines is 1. The summed E-state index contributed by atoms with van der Waals surface area (Å²) in [4.78, 5) is 4.33. The largest absolute Gasteiger partial charge is 0.266 e. The lowest BCUT2D eigenvalue weighted by atomic mass is 10.2. The number of H-pyrrole nitrogens is 1. The number of aromatic nitrogens is 3. The van der Waals surface area contributed by atoms with E-state index < -0.39 is 0 Å². The van der Waals surface area contributed by atoms with E-state index in [1.165, 1.54) is 0 Å². The molecule has 0 unspecified atom stereocenters. The first-order valence-electron chi connectivity index (χ1n) is 3.84.